The molecule has 0 bridgehead atoms. The molecule has 0 aliphatic heterocycles. The molecule has 118 valence electrons. The summed E-state index contributed by atoms with van der Waals surface area (Å²) in [5.74, 6) is 0.957. The first-order valence-corrected chi connectivity index (χ1v) is 7.20. The SMILES string of the molecule is CN(C)CCNc1cnnc(NCCc2ccc(F)cc2)n1. The number of hydrogen-bond donors (Lipinski definition) is 2. The molecule has 0 atom stereocenters. The maximum absolute atomic E-state index is 12.8. The third-order valence-electron chi connectivity index (χ3n) is 3.03. The Kier molecular flexibility index (Phi) is 6.02. The molecular formula is C15H21FN6. The van der Waals surface area contributed by atoms with Crippen LogP contribution in [0.25, 0.3) is 0 Å². The molecule has 0 radical (unpaired) electrons. The van der Waals surface area contributed by atoms with Gasteiger partial charge in [-0.25, -0.2) is 4.39 Å². The number of benzene rings is 1. The molecule has 0 aliphatic rings. The Bertz CT molecular complexity index is 573. The maximum atomic E-state index is 12.8. The molecule has 0 aliphatic carbocycles. The molecular weight excluding hydrogens is 283 g/mol. The van der Waals surface area contributed by atoms with E-state index in [2.05, 4.69) is 30.7 Å². The van der Waals surface area contributed by atoms with Crippen LogP contribution in [0.3, 0.4) is 0 Å². The van der Waals surface area contributed by atoms with Crippen molar-refractivity contribution < 1.29 is 4.39 Å². The van der Waals surface area contributed by atoms with Gasteiger partial charge in [-0.15, -0.1) is 5.10 Å². The summed E-state index contributed by atoms with van der Waals surface area (Å²) in [6, 6.07) is 6.47. The van der Waals surface area contributed by atoms with Crippen LogP contribution in [0, 0.1) is 5.82 Å². The fraction of sp³-hybridized carbons (Fsp3) is 0.400. The van der Waals surface area contributed by atoms with Crippen molar-refractivity contribution in [1.29, 1.82) is 0 Å². The van der Waals surface area contributed by atoms with Crippen LogP contribution in [0.2, 0.25) is 0 Å². The first kappa shape index (κ1) is 16.1. The number of likely N-dealkylation sites (N-methyl/N-ethyl adjacent to an activating group) is 1. The molecule has 0 amide bonds. The Morgan fingerprint density at radius 1 is 1.09 bits per heavy atom. The van der Waals surface area contributed by atoms with E-state index in [4.69, 9.17) is 0 Å². The van der Waals surface area contributed by atoms with Gasteiger partial charge in [-0.2, -0.15) is 10.1 Å². The molecule has 2 aromatic rings. The van der Waals surface area contributed by atoms with Crippen LogP contribution in [0.5, 0.6) is 0 Å². The third-order valence-corrected chi connectivity index (χ3v) is 3.03. The van der Waals surface area contributed by atoms with Gasteiger partial charge in [-0.05, 0) is 38.2 Å². The van der Waals surface area contributed by atoms with Crippen molar-refractivity contribution in [1.82, 2.24) is 20.1 Å². The fourth-order valence-electron chi connectivity index (χ4n) is 1.84. The molecule has 22 heavy (non-hydrogen) atoms. The van der Waals surface area contributed by atoms with Crippen LogP contribution < -0.4 is 10.6 Å². The lowest BCUT2D eigenvalue weighted by atomic mass is 10.1. The number of anilines is 2. The number of nitrogens with one attached hydrogen (secondary N) is 2. The van der Waals surface area contributed by atoms with Gasteiger partial charge in [-0.3, -0.25) is 0 Å². The number of nitrogens with zero attached hydrogens (tertiary/aromatic N) is 4. The molecule has 6 nitrogen and oxygen atoms in total. The second-order valence-electron chi connectivity index (χ2n) is 5.20. The first-order valence-electron chi connectivity index (χ1n) is 7.20. The van der Waals surface area contributed by atoms with Crippen LogP contribution in [0.4, 0.5) is 16.2 Å². The second kappa shape index (κ2) is 8.23. The highest BCUT2D eigenvalue weighted by molar-refractivity contribution is 5.37. The van der Waals surface area contributed by atoms with Crippen molar-refractivity contribution in [3.8, 4) is 0 Å². The van der Waals surface area contributed by atoms with Crippen LogP contribution in [-0.2, 0) is 6.42 Å². The van der Waals surface area contributed by atoms with Gasteiger partial charge < -0.3 is 15.5 Å². The quantitative estimate of drug-likeness (QED) is 0.773. The Morgan fingerprint density at radius 2 is 1.86 bits per heavy atom. The van der Waals surface area contributed by atoms with E-state index in [1.807, 2.05) is 14.1 Å². The Labute approximate surface area is 129 Å². The summed E-state index contributed by atoms with van der Waals surface area (Å²) in [6.07, 6.45) is 2.36. The molecule has 0 fully saturated rings. The van der Waals surface area contributed by atoms with Gasteiger partial charge in [-0.1, -0.05) is 12.1 Å². The average Bonchev–Trinajstić information content (AvgIpc) is 2.49. The minimum absolute atomic E-state index is 0.222. The van der Waals surface area contributed by atoms with E-state index in [0.29, 0.717) is 18.3 Å². The molecule has 1 aromatic carbocycles. The summed E-state index contributed by atoms with van der Waals surface area (Å²) in [7, 11) is 4.03. The first-order chi connectivity index (χ1) is 10.6. The topological polar surface area (TPSA) is 66.0 Å². The summed E-state index contributed by atoms with van der Waals surface area (Å²) in [5, 5.41) is 14.2. The van der Waals surface area contributed by atoms with E-state index in [9.17, 15) is 4.39 Å². The van der Waals surface area contributed by atoms with E-state index < -0.39 is 0 Å². The van der Waals surface area contributed by atoms with Crippen molar-refractivity contribution in [2.24, 2.45) is 0 Å². The number of rotatable bonds is 8. The van der Waals surface area contributed by atoms with Gasteiger partial charge in [0.2, 0.25) is 5.95 Å². The summed E-state index contributed by atoms with van der Waals surface area (Å²) < 4.78 is 12.8. The highest BCUT2D eigenvalue weighted by Gasteiger charge is 2.01. The van der Waals surface area contributed by atoms with E-state index in [1.165, 1.54) is 12.1 Å². The summed E-state index contributed by atoms with van der Waals surface area (Å²) in [5.41, 5.74) is 1.06. The Hall–Kier alpha value is -2.28. The molecule has 7 heteroatoms. The second-order valence-corrected chi connectivity index (χ2v) is 5.20. The molecule has 2 N–H and O–H groups in total. The van der Waals surface area contributed by atoms with E-state index in [-0.39, 0.29) is 5.82 Å². The summed E-state index contributed by atoms with van der Waals surface area (Å²) >= 11 is 0. The Morgan fingerprint density at radius 3 is 2.59 bits per heavy atom. The molecule has 0 saturated heterocycles. The standard InChI is InChI=1S/C15H21FN6/c1-22(2)10-9-17-14-11-19-21-15(20-14)18-8-7-12-3-5-13(16)6-4-12/h3-6,11H,7-10H2,1-2H3,(H2,17,18,20,21). The minimum Gasteiger partial charge on any atom is -0.367 e. The smallest absolute Gasteiger partial charge is 0.244 e. The Balaban J connectivity index is 1.78. The van der Waals surface area contributed by atoms with Crippen LogP contribution in [0.15, 0.2) is 30.5 Å². The van der Waals surface area contributed by atoms with Gasteiger partial charge in [0.25, 0.3) is 0 Å². The number of halogens is 1. The van der Waals surface area contributed by atoms with Crippen molar-refractivity contribution >= 4 is 11.8 Å². The van der Waals surface area contributed by atoms with Gasteiger partial charge in [0.05, 0.1) is 6.20 Å². The summed E-state index contributed by atoms with van der Waals surface area (Å²) in [6.45, 7) is 2.37. The average molecular weight is 304 g/mol. The summed E-state index contributed by atoms with van der Waals surface area (Å²) in [4.78, 5) is 6.43. The maximum Gasteiger partial charge on any atom is 0.244 e. The molecule has 2 rings (SSSR count). The molecule has 0 saturated carbocycles. The largest absolute Gasteiger partial charge is 0.367 e. The zero-order chi connectivity index (χ0) is 15.8. The molecule has 1 aromatic heterocycles. The van der Waals surface area contributed by atoms with E-state index in [1.54, 1.807) is 18.3 Å². The van der Waals surface area contributed by atoms with Crippen LogP contribution in [-0.4, -0.2) is 53.8 Å². The van der Waals surface area contributed by atoms with Gasteiger partial charge >= 0.3 is 0 Å². The van der Waals surface area contributed by atoms with Crippen LogP contribution >= 0.6 is 0 Å². The lowest BCUT2D eigenvalue weighted by Gasteiger charge is -2.11. The van der Waals surface area contributed by atoms with E-state index in [0.717, 1.165) is 25.1 Å². The van der Waals surface area contributed by atoms with Crippen molar-refractivity contribution in [3.63, 3.8) is 0 Å². The van der Waals surface area contributed by atoms with Gasteiger partial charge in [0.15, 0.2) is 5.82 Å². The van der Waals surface area contributed by atoms with Crippen molar-refractivity contribution in [3.05, 3.63) is 41.8 Å². The highest BCUT2D eigenvalue weighted by atomic mass is 19.1. The lowest BCUT2D eigenvalue weighted by molar-refractivity contribution is 0.425. The van der Waals surface area contributed by atoms with E-state index >= 15 is 0 Å². The van der Waals surface area contributed by atoms with Gasteiger partial charge in [0, 0.05) is 19.6 Å². The predicted octanol–water partition coefficient (Wildman–Crippen LogP) is 1.64. The van der Waals surface area contributed by atoms with Gasteiger partial charge in [0.1, 0.15) is 5.82 Å². The molecule has 0 spiro atoms. The normalized spacial score (nSPS) is 10.7. The number of hydrogen-bond acceptors (Lipinski definition) is 6. The van der Waals surface area contributed by atoms with Crippen molar-refractivity contribution in [2.45, 2.75) is 6.42 Å². The minimum atomic E-state index is -0.222. The van der Waals surface area contributed by atoms with Crippen molar-refractivity contribution in [2.75, 3.05) is 44.4 Å². The number of aromatic nitrogens is 3. The monoisotopic (exact) mass is 304 g/mol. The lowest BCUT2D eigenvalue weighted by Crippen LogP contribution is -2.21. The zero-order valence-electron chi connectivity index (χ0n) is 12.9. The molecule has 0 unspecified atom stereocenters. The predicted molar refractivity (Wildman–Crippen MR) is 85.5 cm³/mol. The fourth-order valence-corrected chi connectivity index (χ4v) is 1.84. The highest BCUT2D eigenvalue weighted by Crippen LogP contribution is 2.06. The third kappa shape index (κ3) is 5.61. The zero-order valence-corrected chi connectivity index (χ0v) is 12.9. The molecule has 1 heterocycles. The van der Waals surface area contributed by atoms with Crippen LogP contribution in [0.1, 0.15) is 5.56 Å².